The first-order valence-electron chi connectivity index (χ1n) is 9.78. The van der Waals surface area contributed by atoms with Crippen molar-refractivity contribution in [1.29, 1.82) is 0 Å². The Labute approximate surface area is 179 Å². The Morgan fingerprint density at radius 2 is 2.10 bits per heavy atom. The van der Waals surface area contributed by atoms with Crippen LogP contribution < -0.4 is 10.1 Å². The fourth-order valence-electron chi connectivity index (χ4n) is 3.73. The number of halogens is 2. The Kier molecular flexibility index (Phi) is 5.47. The minimum atomic E-state index is -0.481. The first-order valence-corrected chi connectivity index (χ1v) is 10.2. The smallest absolute Gasteiger partial charge is 0.231 e. The van der Waals surface area contributed by atoms with Crippen LogP contribution in [-0.2, 0) is 16.8 Å². The minimum absolute atomic E-state index is 0.173. The lowest BCUT2D eigenvalue weighted by molar-refractivity contribution is -0.117. The second kappa shape index (κ2) is 8.07. The third-order valence-electron chi connectivity index (χ3n) is 5.50. The molecule has 1 aromatic carbocycles. The van der Waals surface area contributed by atoms with Gasteiger partial charge in [-0.05, 0) is 38.0 Å². The van der Waals surface area contributed by atoms with Gasteiger partial charge in [-0.15, -0.1) is 0 Å². The second-order valence-corrected chi connectivity index (χ2v) is 7.82. The van der Waals surface area contributed by atoms with Crippen molar-refractivity contribution in [3.63, 3.8) is 0 Å². The van der Waals surface area contributed by atoms with E-state index >= 15 is 0 Å². The fourth-order valence-corrected chi connectivity index (χ4v) is 3.92. The molecule has 2 heterocycles. The number of hydrogen-bond acceptors (Lipinski definition) is 4. The molecule has 2 unspecified atom stereocenters. The van der Waals surface area contributed by atoms with Gasteiger partial charge in [0.15, 0.2) is 0 Å². The van der Waals surface area contributed by atoms with Crippen molar-refractivity contribution >= 4 is 23.3 Å². The average molecular weight is 429 g/mol. The van der Waals surface area contributed by atoms with E-state index < -0.39 is 11.2 Å². The summed E-state index contributed by atoms with van der Waals surface area (Å²) in [5.41, 5.74) is 1.24. The molecule has 0 saturated heterocycles. The Morgan fingerprint density at radius 1 is 1.33 bits per heavy atom. The number of carbonyl (C=O) groups is 1. The molecule has 2 aromatic heterocycles. The Hall–Kier alpha value is -2.93. The quantitative estimate of drug-likeness (QED) is 0.606. The number of carbonyl (C=O) groups excluding carboxylic acids is 1. The number of nitrogens with zero attached hydrogens (tertiary/aromatic N) is 3. The number of anilines is 1. The normalized spacial score (nSPS) is 20.1. The summed E-state index contributed by atoms with van der Waals surface area (Å²) in [5, 5.41) is 7.64. The van der Waals surface area contributed by atoms with E-state index in [1.807, 2.05) is 44.2 Å². The Balaban J connectivity index is 1.56. The maximum absolute atomic E-state index is 13.1. The molecule has 0 spiro atoms. The molecular formula is C22H22ClFN4O2. The largest absolute Gasteiger partial charge is 0.476 e. The summed E-state index contributed by atoms with van der Waals surface area (Å²) in [4.78, 5) is 16.8. The summed E-state index contributed by atoms with van der Waals surface area (Å²) in [5.74, 6) is -0.0965. The molecule has 2 atom stereocenters. The monoisotopic (exact) mass is 428 g/mol. The highest BCUT2D eigenvalue weighted by Crippen LogP contribution is 2.55. The standard InChI is InChI=1S/C22H22ClFN4O2/c1-3-28-21(19(23)14(2)27-28)30-13-22(15-7-5-4-6-8-15)11-17(22)20(29)26-18-10-9-16(24)12-25-18/h4-10,12,17H,3,11,13H2,1-2H3,(H,25,26,29). The van der Waals surface area contributed by atoms with E-state index in [1.165, 1.54) is 12.1 Å². The number of aryl methyl sites for hydroxylation is 2. The number of benzene rings is 1. The summed E-state index contributed by atoms with van der Waals surface area (Å²) in [6, 6.07) is 12.5. The predicted octanol–water partition coefficient (Wildman–Crippen LogP) is 4.37. The van der Waals surface area contributed by atoms with E-state index in [0.717, 1.165) is 11.8 Å². The molecule has 0 radical (unpaired) electrons. The van der Waals surface area contributed by atoms with Gasteiger partial charge >= 0.3 is 0 Å². The summed E-state index contributed by atoms with van der Waals surface area (Å²) in [6.07, 6.45) is 1.70. The molecular weight excluding hydrogens is 407 g/mol. The van der Waals surface area contributed by atoms with Gasteiger partial charge in [0.25, 0.3) is 0 Å². The van der Waals surface area contributed by atoms with Gasteiger partial charge in [0.1, 0.15) is 23.3 Å². The molecule has 0 bridgehead atoms. The maximum atomic E-state index is 13.1. The molecule has 1 saturated carbocycles. The number of ether oxygens (including phenoxy) is 1. The molecule has 8 heteroatoms. The SMILES string of the molecule is CCn1nc(C)c(Cl)c1OCC1(c2ccccc2)CC1C(=O)Nc1ccc(F)cn1. The van der Waals surface area contributed by atoms with Crippen LogP contribution >= 0.6 is 11.6 Å². The topological polar surface area (TPSA) is 69.0 Å². The Morgan fingerprint density at radius 3 is 2.77 bits per heavy atom. The van der Waals surface area contributed by atoms with Gasteiger partial charge < -0.3 is 10.1 Å². The van der Waals surface area contributed by atoms with Crippen molar-refractivity contribution < 1.29 is 13.9 Å². The number of hydrogen-bond donors (Lipinski definition) is 1. The van der Waals surface area contributed by atoms with E-state index in [0.29, 0.717) is 35.4 Å². The van der Waals surface area contributed by atoms with E-state index in [4.69, 9.17) is 16.3 Å². The second-order valence-electron chi connectivity index (χ2n) is 7.44. The summed E-state index contributed by atoms with van der Waals surface area (Å²) >= 11 is 6.38. The van der Waals surface area contributed by atoms with Crippen molar-refractivity contribution in [3.05, 3.63) is 70.8 Å². The highest BCUT2D eigenvalue weighted by atomic mass is 35.5. The van der Waals surface area contributed by atoms with Crippen LogP contribution in [0.15, 0.2) is 48.7 Å². The molecule has 4 rings (SSSR count). The summed E-state index contributed by atoms with van der Waals surface area (Å²) in [6.45, 7) is 4.71. The van der Waals surface area contributed by atoms with Crippen LogP contribution in [0.25, 0.3) is 0 Å². The van der Waals surface area contributed by atoms with Gasteiger partial charge in [0, 0.05) is 12.0 Å². The molecule has 1 fully saturated rings. The molecule has 0 aliphatic heterocycles. The zero-order chi connectivity index (χ0) is 21.3. The van der Waals surface area contributed by atoms with E-state index in [1.54, 1.807) is 4.68 Å². The highest BCUT2D eigenvalue weighted by Gasteiger charge is 2.60. The first kappa shape index (κ1) is 20.3. The Bertz CT molecular complexity index is 1060. The van der Waals surface area contributed by atoms with Gasteiger partial charge in [0.05, 0.1) is 17.8 Å². The molecule has 6 nitrogen and oxygen atoms in total. The number of pyridine rings is 1. The van der Waals surface area contributed by atoms with Crippen LogP contribution in [-0.4, -0.2) is 27.3 Å². The third-order valence-corrected chi connectivity index (χ3v) is 5.93. The number of nitrogens with one attached hydrogen (secondary N) is 1. The molecule has 3 aromatic rings. The van der Waals surface area contributed by atoms with Crippen molar-refractivity contribution in [2.75, 3.05) is 11.9 Å². The van der Waals surface area contributed by atoms with Gasteiger partial charge in [-0.25, -0.2) is 14.1 Å². The highest BCUT2D eigenvalue weighted by molar-refractivity contribution is 6.32. The summed E-state index contributed by atoms with van der Waals surface area (Å²) < 4.78 is 20.9. The lowest BCUT2D eigenvalue weighted by Gasteiger charge is -2.19. The zero-order valence-corrected chi connectivity index (χ0v) is 17.5. The maximum Gasteiger partial charge on any atom is 0.231 e. The fraction of sp³-hybridized carbons (Fsp3) is 0.318. The van der Waals surface area contributed by atoms with Gasteiger partial charge in [0.2, 0.25) is 11.8 Å². The van der Waals surface area contributed by atoms with Crippen LogP contribution in [0.4, 0.5) is 10.2 Å². The van der Waals surface area contributed by atoms with E-state index in [9.17, 15) is 9.18 Å². The van der Waals surface area contributed by atoms with Crippen LogP contribution in [0.3, 0.4) is 0 Å². The summed E-state index contributed by atoms with van der Waals surface area (Å²) in [7, 11) is 0. The van der Waals surface area contributed by atoms with Gasteiger partial charge in [-0.3, -0.25) is 4.79 Å². The van der Waals surface area contributed by atoms with E-state index in [2.05, 4.69) is 15.4 Å². The minimum Gasteiger partial charge on any atom is -0.476 e. The molecule has 1 aliphatic carbocycles. The van der Waals surface area contributed by atoms with E-state index in [-0.39, 0.29) is 18.4 Å². The molecule has 1 N–H and O–H groups in total. The van der Waals surface area contributed by atoms with Gasteiger partial charge in [-0.2, -0.15) is 5.10 Å². The van der Waals surface area contributed by atoms with Crippen molar-refractivity contribution in [2.45, 2.75) is 32.2 Å². The zero-order valence-electron chi connectivity index (χ0n) is 16.7. The lowest BCUT2D eigenvalue weighted by atomic mass is 9.94. The first-order chi connectivity index (χ1) is 14.4. The van der Waals surface area contributed by atoms with Crippen LogP contribution in [0.1, 0.15) is 24.6 Å². The van der Waals surface area contributed by atoms with Crippen molar-refractivity contribution in [1.82, 2.24) is 14.8 Å². The molecule has 156 valence electrons. The number of rotatable bonds is 7. The van der Waals surface area contributed by atoms with Crippen LogP contribution in [0, 0.1) is 18.7 Å². The van der Waals surface area contributed by atoms with Gasteiger partial charge in [-0.1, -0.05) is 41.9 Å². The van der Waals surface area contributed by atoms with Crippen molar-refractivity contribution in [2.24, 2.45) is 5.92 Å². The van der Waals surface area contributed by atoms with Crippen molar-refractivity contribution in [3.8, 4) is 5.88 Å². The molecule has 1 amide bonds. The third kappa shape index (κ3) is 3.77. The number of aromatic nitrogens is 3. The van der Waals surface area contributed by atoms with Crippen LogP contribution in [0.5, 0.6) is 5.88 Å². The lowest BCUT2D eigenvalue weighted by Crippen LogP contribution is -2.27. The average Bonchev–Trinajstić information content (AvgIpc) is 3.44. The van der Waals surface area contributed by atoms with Crippen LogP contribution in [0.2, 0.25) is 5.02 Å². The predicted molar refractivity (Wildman–Crippen MR) is 112 cm³/mol. The molecule has 30 heavy (non-hydrogen) atoms. The number of amides is 1. The molecule has 1 aliphatic rings.